The van der Waals surface area contributed by atoms with Gasteiger partial charge in [-0.15, -0.1) is 0 Å². The Morgan fingerprint density at radius 2 is 1.00 bits per heavy atom. The zero-order valence-electron chi connectivity index (χ0n) is 35.3. The van der Waals surface area contributed by atoms with E-state index in [2.05, 4.69) is 183 Å². The van der Waals surface area contributed by atoms with Gasteiger partial charge in [-0.2, -0.15) is 0 Å². The maximum atomic E-state index is 2.61. The van der Waals surface area contributed by atoms with Crippen LogP contribution in [0.15, 0.2) is 164 Å². The topological polar surface area (TPSA) is 3.24 Å². The minimum absolute atomic E-state index is 0.0608. The van der Waals surface area contributed by atoms with Crippen LogP contribution in [0, 0.1) is 0 Å². The fraction of sp³-hybridized carbons (Fsp3) is 0.254. The highest BCUT2D eigenvalue weighted by molar-refractivity contribution is 6.12. The fourth-order valence-electron chi connectivity index (χ4n) is 11.5. The smallest absolute Gasteiger partial charge is 0.0549 e. The fourth-order valence-corrected chi connectivity index (χ4v) is 11.5. The second kappa shape index (κ2) is 15.3. The molecule has 0 saturated heterocycles. The van der Waals surface area contributed by atoms with Crippen LogP contribution in [0.4, 0.5) is 17.1 Å². The molecule has 2 fully saturated rings. The van der Waals surface area contributed by atoms with Crippen molar-refractivity contribution in [2.75, 3.05) is 4.90 Å². The van der Waals surface area contributed by atoms with Gasteiger partial charge in [-0.3, -0.25) is 0 Å². The van der Waals surface area contributed by atoms with Gasteiger partial charge in [-0.05, 0) is 139 Å². The lowest BCUT2D eigenvalue weighted by Crippen LogP contribution is -2.16. The van der Waals surface area contributed by atoms with Gasteiger partial charge in [0.05, 0.1) is 5.69 Å². The highest BCUT2D eigenvalue weighted by Gasteiger charge is 2.36. The van der Waals surface area contributed by atoms with E-state index >= 15 is 0 Å². The Kier molecular flexibility index (Phi) is 9.45. The molecule has 0 spiro atoms. The summed E-state index contributed by atoms with van der Waals surface area (Å²) in [5.74, 6) is 1.25. The van der Waals surface area contributed by atoms with Crippen LogP contribution in [0.2, 0.25) is 0 Å². The first kappa shape index (κ1) is 37.1. The van der Waals surface area contributed by atoms with E-state index in [1.165, 1.54) is 158 Å². The summed E-state index contributed by atoms with van der Waals surface area (Å²) >= 11 is 0. The Morgan fingerprint density at radius 1 is 0.433 bits per heavy atom. The van der Waals surface area contributed by atoms with E-state index in [0.717, 1.165) is 0 Å². The van der Waals surface area contributed by atoms with Gasteiger partial charge in [0.1, 0.15) is 0 Å². The summed E-state index contributed by atoms with van der Waals surface area (Å²) < 4.78 is 0. The molecule has 0 N–H and O–H groups in total. The highest BCUT2D eigenvalue weighted by Crippen LogP contribution is 2.53. The summed E-state index contributed by atoms with van der Waals surface area (Å²) in [6, 6.07) is 63.0. The van der Waals surface area contributed by atoms with Crippen LogP contribution in [-0.4, -0.2) is 0 Å². The number of benzene rings is 8. The molecule has 0 bridgehead atoms. The van der Waals surface area contributed by atoms with Crippen molar-refractivity contribution in [2.24, 2.45) is 0 Å². The lowest BCUT2D eigenvalue weighted by atomic mass is 9.80. The van der Waals surface area contributed by atoms with E-state index in [1.807, 2.05) is 0 Å². The van der Waals surface area contributed by atoms with Gasteiger partial charge in [0.2, 0.25) is 0 Å². The third-order valence-corrected chi connectivity index (χ3v) is 14.7. The van der Waals surface area contributed by atoms with Gasteiger partial charge in [0.15, 0.2) is 0 Å². The Hall–Kier alpha value is -5.92. The molecule has 8 aromatic rings. The van der Waals surface area contributed by atoms with Crippen LogP contribution in [0.25, 0.3) is 54.9 Å². The average Bonchev–Trinajstić information content (AvgIpc) is 3.54. The lowest BCUT2D eigenvalue weighted by Gasteiger charge is -2.32. The standard InChI is InChI=1S/C59H55N/c1-59(2)55-27-14-13-24-50(55)54-38-47(36-37-56(54)59)60(46-34-32-43(33-35-46)42-30-28-41(29-31-42)40-16-5-3-6-17-40)57-39-53(45-18-7-4-8-19-45)49-23-11-12-25-52(49)58(57)51-26-15-21-44-20-9-10-22-48(44)51/h9-15,20-40,45H,3-8,16-19H2,1-2H3. The van der Waals surface area contributed by atoms with Gasteiger partial charge in [0.25, 0.3) is 0 Å². The van der Waals surface area contributed by atoms with Crippen molar-refractivity contribution in [2.45, 2.75) is 95.3 Å². The first-order valence-corrected chi connectivity index (χ1v) is 22.8. The van der Waals surface area contributed by atoms with Crippen LogP contribution in [-0.2, 0) is 5.41 Å². The first-order chi connectivity index (χ1) is 29.5. The third kappa shape index (κ3) is 6.37. The molecule has 0 radical (unpaired) electrons. The number of rotatable bonds is 7. The Labute approximate surface area is 356 Å². The van der Waals surface area contributed by atoms with E-state index in [0.29, 0.717) is 11.8 Å². The minimum atomic E-state index is -0.0608. The van der Waals surface area contributed by atoms with Crippen LogP contribution in [0.3, 0.4) is 0 Å². The normalized spacial score (nSPS) is 16.5. The molecule has 0 atom stereocenters. The maximum absolute atomic E-state index is 2.61. The molecular weight excluding hydrogens is 723 g/mol. The maximum Gasteiger partial charge on any atom is 0.0549 e. The Morgan fingerprint density at radius 3 is 1.75 bits per heavy atom. The van der Waals surface area contributed by atoms with Crippen LogP contribution in [0.1, 0.15) is 112 Å². The van der Waals surface area contributed by atoms with Crippen molar-refractivity contribution in [1.82, 2.24) is 0 Å². The van der Waals surface area contributed by atoms with Gasteiger partial charge in [0, 0.05) is 22.4 Å². The van der Waals surface area contributed by atoms with Gasteiger partial charge in [-0.1, -0.05) is 186 Å². The zero-order valence-corrected chi connectivity index (χ0v) is 35.3. The Bertz CT molecular complexity index is 2840. The molecule has 0 aromatic heterocycles. The van der Waals surface area contributed by atoms with Crippen molar-refractivity contribution in [1.29, 1.82) is 0 Å². The summed E-state index contributed by atoms with van der Waals surface area (Å²) in [7, 11) is 0. The minimum Gasteiger partial charge on any atom is -0.310 e. The first-order valence-electron chi connectivity index (χ1n) is 22.8. The summed E-state index contributed by atoms with van der Waals surface area (Å²) in [6.07, 6.45) is 13.2. The lowest BCUT2D eigenvalue weighted by molar-refractivity contribution is 0.443. The summed E-state index contributed by atoms with van der Waals surface area (Å²) in [4.78, 5) is 2.60. The van der Waals surface area contributed by atoms with E-state index < -0.39 is 0 Å². The third-order valence-electron chi connectivity index (χ3n) is 14.7. The van der Waals surface area contributed by atoms with E-state index in [9.17, 15) is 0 Å². The molecule has 296 valence electrons. The zero-order chi connectivity index (χ0) is 40.2. The monoisotopic (exact) mass is 777 g/mol. The molecule has 60 heavy (non-hydrogen) atoms. The predicted molar refractivity (Wildman–Crippen MR) is 256 cm³/mol. The summed E-state index contributed by atoms with van der Waals surface area (Å²) in [6.45, 7) is 4.77. The number of anilines is 3. The predicted octanol–water partition coefficient (Wildman–Crippen LogP) is 17.2. The summed E-state index contributed by atoms with van der Waals surface area (Å²) in [5, 5.41) is 5.28. The molecular formula is C59H55N. The molecule has 0 heterocycles. The quantitative estimate of drug-likeness (QED) is 0.156. The number of hydrogen-bond acceptors (Lipinski definition) is 1. The van der Waals surface area contributed by atoms with Gasteiger partial charge >= 0.3 is 0 Å². The molecule has 0 aliphatic heterocycles. The molecule has 1 heteroatoms. The van der Waals surface area contributed by atoms with E-state index in [-0.39, 0.29) is 5.41 Å². The average molecular weight is 778 g/mol. The molecule has 3 aliphatic rings. The van der Waals surface area contributed by atoms with Crippen molar-refractivity contribution >= 4 is 38.6 Å². The molecule has 11 rings (SSSR count). The second-order valence-corrected chi connectivity index (χ2v) is 18.5. The van der Waals surface area contributed by atoms with Gasteiger partial charge in [-0.25, -0.2) is 0 Å². The van der Waals surface area contributed by atoms with Crippen molar-refractivity contribution in [3.63, 3.8) is 0 Å². The van der Waals surface area contributed by atoms with Gasteiger partial charge < -0.3 is 4.90 Å². The van der Waals surface area contributed by atoms with Crippen molar-refractivity contribution < 1.29 is 0 Å². The van der Waals surface area contributed by atoms with Crippen LogP contribution in [0.5, 0.6) is 0 Å². The molecule has 0 amide bonds. The van der Waals surface area contributed by atoms with Crippen LogP contribution < -0.4 is 4.90 Å². The number of nitrogens with zero attached hydrogens (tertiary/aromatic N) is 1. The molecule has 8 aromatic carbocycles. The second-order valence-electron chi connectivity index (χ2n) is 18.5. The highest BCUT2D eigenvalue weighted by atomic mass is 15.1. The SMILES string of the molecule is CC1(C)c2ccccc2-c2cc(N(c3ccc(-c4ccc(C5CCCCC5)cc4)cc3)c3cc(C4CCCCC4)c4ccccc4c3-c3cccc4ccccc34)ccc21. The largest absolute Gasteiger partial charge is 0.310 e. The van der Waals surface area contributed by atoms with E-state index in [4.69, 9.17) is 0 Å². The van der Waals surface area contributed by atoms with E-state index in [1.54, 1.807) is 0 Å². The number of hydrogen-bond donors (Lipinski definition) is 0. The molecule has 0 unspecified atom stereocenters. The van der Waals surface area contributed by atoms with Crippen molar-refractivity contribution in [3.8, 4) is 33.4 Å². The molecule has 1 nitrogen and oxygen atoms in total. The summed E-state index contributed by atoms with van der Waals surface area (Å²) in [5.41, 5.74) is 17.2. The Balaban J connectivity index is 1.14. The number of fused-ring (bicyclic) bond motifs is 5. The molecule has 3 aliphatic carbocycles. The molecule has 2 saturated carbocycles. The van der Waals surface area contributed by atoms with Crippen molar-refractivity contribution in [3.05, 3.63) is 186 Å². The van der Waals surface area contributed by atoms with Crippen LogP contribution >= 0.6 is 0 Å².